The molecule has 202 valence electrons. The quantitative estimate of drug-likeness (QED) is 0.246. The lowest BCUT2D eigenvalue weighted by Gasteiger charge is -2.24. The molecule has 0 aliphatic rings. The van der Waals surface area contributed by atoms with Crippen LogP contribution in [0.25, 0.3) is 0 Å². The Morgan fingerprint density at radius 1 is 0.769 bits per heavy atom. The summed E-state index contributed by atoms with van der Waals surface area (Å²) in [6.45, 7) is 1.34. The molecule has 12 heteroatoms. The summed E-state index contributed by atoms with van der Waals surface area (Å²) in [6.07, 6.45) is 0. The smallest absolute Gasteiger partial charge is 0.264 e. The highest BCUT2D eigenvalue weighted by atomic mass is 35.5. The van der Waals surface area contributed by atoms with Gasteiger partial charge < -0.3 is 5.32 Å². The van der Waals surface area contributed by atoms with Gasteiger partial charge in [-0.15, -0.1) is 0 Å². The Balaban J connectivity index is 1.53. The molecule has 0 radical (unpaired) electrons. The largest absolute Gasteiger partial charge is 0.325 e. The maximum absolute atomic E-state index is 13.5. The monoisotopic (exact) mass is 603 g/mol. The number of carbonyl (C=O) groups is 1. The first-order valence-corrected chi connectivity index (χ1v) is 15.2. The molecule has 0 saturated carbocycles. The van der Waals surface area contributed by atoms with E-state index < -0.39 is 32.5 Å². The average Bonchev–Trinajstić information content (AvgIpc) is 2.90. The maximum atomic E-state index is 13.5. The Labute approximate surface area is 237 Å². The van der Waals surface area contributed by atoms with Crippen LogP contribution in [0, 0.1) is 6.92 Å². The third-order valence-electron chi connectivity index (χ3n) is 5.58. The summed E-state index contributed by atoms with van der Waals surface area (Å²) in [5.74, 6) is -0.627. The third kappa shape index (κ3) is 6.90. The topological polar surface area (TPSA) is 113 Å². The molecule has 0 fully saturated rings. The number of carbonyl (C=O) groups excluding carboxylic acids is 1. The molecule has 0 atom stereocenters. The van der Waals surface area contributed by atoms with Gasteiger partial charge in [-0.05, 0) is 79.7 Å². The van der Waals surface area contributed by atoms with E-state index in [0.29, 0.717) is 10.7 Å². The lowest BCUT2D eigenvalue weighted by molar-refractivity contribution is -0.114. The summed E-state index contributed by atoms with van der Waals surface area (Å²) in [5.41, 5.74) is 1.74. The van der Waals surface area contributed by atoms with Crippen molar-refractivity contribution >= 4 is 66.2 Å². The molecule has 0 bridgehead atoms. The van der Waals surface area contributed by atoms with Crippen molar-refractivity contribution in [3.8, 4) is 0 Å². The number of aryl methyl sites for hydroxylation is 1. The van der Waals surface area contributed by atoms with Gasteiger partial charge in [-0.2, -0.15) is 0 Å². The average molecular weight is 605 g/mol. The second-order valence-electron chi connectivity index (χ2n) is 8.46. The van der Waals surface area contributed by atoms with Crippen LogP contribution in [0.2, 0.25) is 10.0 Å². The van der Waals surface area contributed by atoms with E-state index in [4.69, 9.17) is 23.2 Å². The minimum Gasteiger partial charge on any atom is -0.325 e. The van der Waals surface area contributed by atoms with Gasteiger partial charge in [0, 0.05) is 10.7 Å². The lowest BCUT2D eigenvalue weighted by Crippen LogP contribution is -2.38. The summed E-state index contributed by atoms with van der Waals surface area (Å²) in [5, 5.41) is 3.24. The first-order chi connectivity index (χ1) is 18.5. The van der Waals surface area contributed by atoms with E-state index in [9.17, 15) is 21.6 Å². The predicted octanol–water partition coefficient (Wildman–Crippen LogP) is 5.94. The van der Waals surface area contributed by atoms with Crippen LogP contribution in [-0.2, 0) is 24.8 Å². The number of sulfonamides is 2. The van der Waals surface area contributed by atoms with Crippen LogP contribution in [-0.4, -0.2) is 29.3 Å². The molecule has 0 spiro atoms. The number of nitrogens with zero attached hydrogens (tertiary/aromatic N) is 1. The van der Waals surface area contributed by atoms with Gasteiger partial charge in [0.2, 0.25) is 5.91 Å². The first-order valence-electron chi connectivity index (χ1n) is 11.5. The fourth-order valence-electron chi connectivity index (χ4n) is 3.56. The van der Waals surface area contributed by atoms with Crippen LogP contribution >= 0.6 is 23.2 Å². The zero-order valence-corrected chi connectivity index (χ0v) is 23.7. The highest BCUT2D eigenvalue weighted by molar-refractivity contribution is 7.93. The third-order valence-corrected chi connectivity index (χ3v) is 9.33. The second kappa shape index (κ2) is 11.7. The Bertz CT molecular complexity index is 1690. The van der Waals surface area contributed by atoms with Gasteiger partial charge in [0.25, 0.3) is 20.0 Å². The van der Waals surface area contributed by atoms with Gasteiger partial charge in [0.1, 0.15) is 6.54 Å². The maximum Gasteiger partial charge on any atom is 0.264 e. The fourth-order valence-corrected chi connectivity index (χ4v) is 6.42. The van der Waals surface area contributed by atoms with Gasteiger partial charge in [-0.25, -0.2) is 16.8 Å². The molecule has 0 heterocycles. The second-order valence-corrected chi connectivity index (χ2v) is 12.8. The van der Waals surface area contributed by atoms with E-state index in [0.717, 1.165) is 9.87 Å². The minimum absolute atomic E-state index is 0.0270. The first kappa shape index (κ1) is 28.4. The summed E-state index contributed by atoms with van der Waals surface area (Å²) in [6, 6.07) is 24.2. The highest BCUT2D eigenvalue weighted by Crippen LogP contribution is 2.26. The molecule has 0 aliphatic heterocycles. The molecule has 4 aromatic rings. The van der Waals surface area contributed by atoms with E-state index in [-0.39, 0.29) is 26.2 Å². The van der Waals surface area contributed by atoms with Crippen LogP contribution < -0.4 is 14.3 Å². The zero-order valence-electron chi connectivity index (χ0n) is 20.5. The highest BCUT2D eigenvalue weighted by Gasteiger charge is 2.27. The molecular formula is C27H23Cl2N3O5S2. The van der Waals surface area contributed by atoms with Gasteiger partial charge in [-0.3, -0.25) is 13.8 Å². The van der Waals surface area contributed by atoms with Crippen LogP contribution in [0.3, 0.4) is 0 Å². The number of amides is 1. The minimum atomic E-state index is -4.11. The van der Waals surface area contributed by atoms with Gasteiger partial charge in [0.05, 0.1) is 26.2 Å². The molecule has 4 rings (SSSR count). The number of anilines is 3. The van der Waals surface area contributed by atoms with Crippen molar-refractivity contribution in [3.05, 3.63) is 113 Å². The molecular weight excluding hydrogens is 581 g/mol. The van der Waals surface area contributed by atoms with Crippen LogP contribution in [0.5, 0.6) is 0 Å². The number of hydrogen-bond donors (Lipinski definition) is 2. The van der Waals surface area contributed by atoms with Crippen LogP contribution in [0.4, 0.5) is 17.1 Å². The Morgan fingerprint density at radius 3 is 1.97 bits per heavy atom. The standard InChI is InChI=1S/C27H23Cl2N3O5S2/c1-19-6-12-22(13-7-19)32(39(36,37)24-14-8-20(28)9-15-24)18-27(33)30-21-10-16-23(17-11-21)38(34,35)31-26-5-3-2-4-25(26)29/h2-17,31H,18H2,1H3,(H,30,33). The number of nitrogens with one attached hydrogen (secondary N) is 2. The van der Waals surface area contributed by atoms with Crippen molar-refractivity contribution in [1.82, 2.24) is 0 Å². The van der Waals surface area contributed by atoms with Crippen molar-refractivity contribution < 1.29 is 21.6 Å². The molecule has 0 aromatic heterocycles. The fraction of sp³-hybridized carbons (Fsp3) is 0.0741. The predicted molar refractivity (Wildman–Crippen MR) is 154 cm³/mol. The molecule has 0 aliphatic carbocycles. The molecule has 2 N–H and O–H groups in total. The van der Waals surface area contributed by atoms with E-state index in [1.165, 1.54) is 54.6 Å². The Kier molecular flexibility index (Phi) is 8.51. The molecule has 4 aromatic carbocycles. The number of halogens is 2. The van der Waals surface area contributed by atoms with Crippen LogP contribution in [0.1, 0.15) is 5.56 Å². The summed E-state index contributed by atoms with van der Waals surface area (Å²) in [4.78, 5) is 12.9. The number of rotatable bonds is 9. The molecule has 0 saturated heterocycles. The van der Waals surface area contributed by atoms with E-state index in [1.54, 1.807) is 42.5 Å². The number of benzene rings is 4. The van der Waals surface area contributed by atoms with Gasteiger partial charge in [-0.1, -0.05) is 53.0 Å². The van der Waals surface area contributed by atoms with E-state index >= 15 is 0 Å². The summed E-state index contributed by atoms with van der Waals surface area (Å²) >= 11 is 12.0. The van der Waals surface area contributed by atoms with Crippen LogP contribution in [0.15, 0.2) is 107 Å². The van der Waals surface area contributed by atoms with E-state index in [2.05, 4.69) is 10.0 Å². The molecule has 39 heavy (non-hydrogen) atoms. The number of para-hydroxylation sites is 1. The SMILES string of the molecule is Cc1ccc(N(CC(=O)Nc2ccc(S(=O)(=O)Nc3ccccc3Cl)cc2)S(=O)(=O)c2ccc(Cl)cc2)cc1. The molecule has 8 nitrogen and oxygen atoms in total. The van der Waals surface area contributed by atoms with Crippen molar-refractivity contribution in [2.75, 3.05) is 20.9 Å². The van der Waals surface area contributed by atoms with Gasteiger partial charge in [0.15, 0.2) is 0 Å². The normalized spacial score (nSPS) is 11.6. The van der Waals surface area contributed by atoms with Crippen molar-refractivity contribution in [2.24, 2.45) is 0 Å². The van der Waals surface area contributed by atoms with Gasteiger partial charge >= 0.3 is 0 Å². The summed E-state index contributed by atoms with van der Waals surface area (Å²) < 4.78 is 55.8. The van der Waals surface area contributed by atoms with Crippen molar-refractivity contribution in [2.45, 2.75) is 16.7 Å². The summed E-state index contributed by atoms with van der Waals surface area (Å²) in [7, 11) is -8.05. The Morgan fingerprint density at radius 2 is 1.36 bits per heavy atom. The van der Waals surface area contributed by atoms with Crippen molar-refractivity contribution in [1.29, 1.82) is 0 Å². The lowest BCUT2D eigenvalue weighted by atomic mass is 10.2. The van der Waals surface area contributed by atoms with Crippen molar-refractivity contribution in [3.63, 3.8) is 0 Å². The zero-order chi connectivity index (χ0) is 28.2. The van der Waals surface area contributed by atoms with E-state index in [1.807, 2.05) is 6.92 Å². The molecule has 0 unspecified atom stereocenters. The molecule has 1 amide bonds. The Hall–Kier alpha value is -3.57. The number of hydrogen-bond acceptors (Lipinski definition) is 5.